The van der Waals surface area contributed by atoms with Gasteiger partial charge in [-0.25, -0.2) is 4.99 Å². The second kappa shape index (κ2) is 10.9. The average molecular weight is 495 g/mol. The first-order valence-electron chi connectivity index (χ1n) is 10.7. The van der Waals surface area contributed by atoms with E-state index in [4.69, 9.17) is 14.0 Å². The van der Waals surface area contributed by atoms with Gasteiger partial charge in [0, 0.05) is 5.56 Å². The van der Waals surface area contributed by atoms with Gasteiger partial charge in [0.05, 0.1) is 25.7 Å². The number of amidine groups is 1. The van der Waals surface area contributed by atoms with E-state index in [0.29, 0.717) is 34.5 Å². The minimum absolute atomic E-state index is 0.0119. The first-order chi connectivity index (χ1) is 17.0. The van der Waals surface area contributed by atoms with E-state index in [1.165, 1.54) is 4.90 Å². The molecular weight excluding hydrogens is 470 g/mol. The summed E-state index contributed by atoms with van der Waals surface area (Å²) in [6.45, 7) is 2.52. The number of anilines is 2. The lowest BCUT2D eigenvalue weighted by Crippen LogP contribution is -2.33. The zero-order chi connectivity index (χ0) is 24.8. The molecule has 1 N–H and O–H groups in total. The van der Waals surface area contributed by atoms with E-state index in [-0.39, 0.29) is 29.1 Å². The number of carbonyl (C=O) groups is 2. The summed E-state index contributed by atoms with van der Waals surface area (Å²) in [5.74, 6) is 0.817. The van der Waals surface area contributed by atoms with Crippen LogP contribution in [0, 0.1) is 0 Å². The molecule has 1 aliphatic rings. The average Bonchev–Trinajstić information content (AvgIpc) is 3.46. The van der Waals surface area contributed by atoms with E-state index in [2.05, 4.69) is 15.6 Å². The Morgan fingerprint density at radius 3 is 2.69 bits per heavy atom. The van der Waals surface area contributed by atoms with Crippen LogP contribution in [-0.2, 0) is 16.1 Å². The Morgan fingerprint density at radius 2 is 2.00 bits per heavy atom. The molecule has 0 aliphatic carbocycles. The molecule has 4 rings (SSSR count). The number of rotatable bonds is 8. The summed E-state index contributed by atoms with van der Waals surface area (Å²) < 4.78 is 17.4. The van der Waals surface area contributed by atoms with Gasteiger partial charge in [-0.1, -0.05) is 34.6 Å². The van der Waals surface area contributed by atoms with Crippen molar-refractivity contribution in [1.29, 1.82) is 0 Å². The molecule has 1 aliphatic heterocycles. The Kier molecular flexibility index (Phi) is 7.46. The molecule has 2 amide bonds. The topological polar surface area (TPSA) is 110 Å². The van der Waals surface area contributed by atoms with E-state index in [9.17, 15) is 9.59 Å². The van der Waals surface area contributed by atoms with Crippen molar-refractivity contribution in [3.8, 4) is 11.5 Å². The maximum Gasteiger partial charge on any atom is 0.302 e. The Labute approximate surface area is 206 Å². The van der Waals surface area contributed by atoms with Crippen molar-refractivity contribution in [3.05, 3.63) is 66.0 Å². The fraction of sp³-hybridized carbons (Fsp3) is 0.208. The molecule has 35 heavy (non-hydrogen) atoms. The predicted molar refractivity (Wildman–Crippen MR) is 132 cm³/mol. The molecule has 0 saturated heterocycles. The third kappa shape index (κ3) is 5.52. The second-order valence-electron chi connectivity index (χ2n) is 7.27. The van der Waals surface area contributed by atoms with Gasteiger partial charge in [-0.15, -0.1) is 0 Å². The van der Waals surface area contributed by atoms with Crippen LogP contribution in [0.2, 0.25) is 0 Å². The lowest BCUT2D eigenvalue weighted by molar-refractivity contribution is -0.759. The molecular formula is C24H24N5O5S+. The highest BCUT2D eigenvalue weighted by Crippen LogP contribution is 2.32. The fourth-order valence-electron chi connectivity index (χ4n) is 3.28. The fourth-order valence-corrected chi connectivity index (χ4v) is 4.10. The predicted octanol–water partition coefficient (Wildman–Crippen LogP) is 3.11. The van der Waals surface area contributed by atoms with Crippen molar-refractivity contribution in [2.75, 3.05) is 30.2 Å². The molecule has 0 atom stereocenters. The molecule has 11 heteroatoms. The number of nitrogens with zero attached hydrogens (tertiary/aromatic N) is 4. The number of hydrogen-bond acceptors (Lipinski definition) is 8. The number of aliphatic imine (C=N–C) groups is 1. The molecule has 3 aromatic rings. The number of benzene rings is 2. The third-order valence-electron chi connectivity index (χ3n) is 5.00. The molecule has 2 aromatic carbocycles. The lowest BCUT2D eigenvalue weighted by atomic mass is 10.1. The normalized spacial score (nSPS) is 14.3. The van der Waals surface area contributed by atoms with Gasteiger partial charge in [-0.2, -0.15) is 0 Å². The summed E-state index contributed by atoms with van der Waals surface area (Å²) in [6, 6.07) is 14.4. The molecule has 0 unspecified atom stereocenters. The first-order valence-corrected chi connectivity index (χ1v) is 11.7. The molecule has 0 radical (unpaired) electrons. The van der Waals surface area contributed by atoms with Crippen LogP contribution in [0.3, 0.4) is 0 Å². The zero-order valence-corrected chi connectivity index (χ0v) is 20.2. The van der Waals surface area contributed by atoms with E-state index >= 15 is 0 Å². The van der Waals surface area contributed by atoms with Crippen molar-refractivity contribution in [1.82, 2.24) is 5.27 Å². The van der Waals surface area contributed by atoms with Gasteiger partial charge in [-0.3, -0.25) is 24.3 Å². The van der Waals surface area contributed by atoms with Crippen LogP contribution in [0.4, 0.5) is 11.6 Å². The monoisotopic (exact) mass is 494 g/mol. The number of methoxy groups -OCH3 is 2. The summed E-state index contributed by atoms with van der Waals surface area (Å²) in [7, 11) is 3.12. The summed E-state index contributed by atoms with van der Waals surface area (Å²) >= 11 is 1.14. The SMILES string of the molecule is CC[n+]1cc(NC(=O)CSC2=N/C(=C/c3cc(OC)ccc3OC)C(=O)N2c2ccccc2)on1. The van der Waals surface area contributed by atoms with Gasteiger partial charge in [0.2, 0.25) is 11.2 Å². The number of hydrogen-bond donors (Lipinski definition) is 1. The van der Waals surface area contributed by atoms with E-state index in [1.807, 2.05) is 25.1 Å². The van der Waals surface area contributed by atoms with Crippen LogP contribution in [0.25, 0.3) is 6.08 Å². The number of aromatic nitrogens is 2. The summed E-state index contributed by atoms with van der Waals surface area (Å²) in [5, 5.41) is 6.81. The second-order valence-corrected chi connectivity index (χ2v) is 8.21. The Morgan fingerprint density at radius 1 is 1.20 bits per heavy atom. The Balaban J connectivity index is 1.60. The summed E-state index contributed by atoms with van der Waals surface area (Å²) in [6.07, 6.45) is 3.24. The molecule has 180 valence electrons. The van der Waals surface area contributed by atoms with Crippen LogP contribution in [0.5, 0.6) is 11.5 Å². The van der Waals surface area contributed by atoms with Crippen LogP contribution in [-0.4, -0.2) is 42.2 Å². The zero-order valence-electron chi connectivity index (χ0n) is 19.4. The molecule has 10 nitrogen and oxygen atoms in total. The lowest BCUT2D eigenvalue weighted by Gasteiger charge is -2.17. The molecule has 0 spiro atoms. The maximum absolute atomic E-state index is 13.4. The van der Waals surface area contributed by atoms with Crippen LogP contribution >= 0.6 is 11.8 Å². The van der Waals surface area contributed by atoms with E-state index < -0.39 is 0 Å². The highest BCUT2D eigenvalue weighted by molar-refractivity contribution is 8.14. The standard InChI is InChI=1S/C24H23N5O5S/c1-4-28-14-22(34-27-28)26-21(30)15-35-24-25-19(23(31)29(24)17-8-6-5-7-9-17)13-16-12-18(32-2)10-11-20(16)33-3/h5-14H,4,15H2,1-3H3/p+1/b19-13+. The minimum Gasteiger partial charge on any atom is -0.497 e. The highest BCUT2D eigenvalue weighted by Gasteiger charge is 2.32. The van der Waals surface area contributed by atoms with Gasteiger partial charge < -0.3 is 9.47 Å². The van der Waals surface area contributed by atoms with Crippen LogP contribution in [0.15, 0.2) is 69.9 Å². The van der Waals surface area contributed by atoms with Crippen molar-refractivity contribution < 1.29 is 28.3 Å². The van der Waals surface area contributed by atoms with Crippen molar-refractivity contribution in [2.24, 2.45) is 4.99 Å². The van der Waals surface area contributed by atoms with Crippen molar-refractivity contribution >= 4 is 46.4 Å². The largest absolute Gasteiger partial charge is 0.497 e. The van der Waals surface area contributed by atoms with Crippen LogP contribution in [0.1, 0.15) is 12.5 Å². The number of amides is 2. The highest BCUT2D eigenvalue weighted by atomic mass is 32.2. The van der Waals surface area contributed by atoms with Gasteiger partial charge in [-0.05, 0) is 43.3 Å². The van der Waals surface area contributed by atoms with Gasteiger partial charge in [0.25, 0.3) is 12.1 Å². The smallest absolute Gasteiger partial charge is 0.302 e. The molecule has 2 heterocycles. The number of carbonyl (C=O) groups excluding carboxylic acids is 2. The van der Waals surface area contributed by atoms with Crippen LogP contribution < -0.4 is 24.4 Å². The van der Waals surface area contributed by atoms with E-state index in [0.717, 1.165) is 11.8 Å². The number of aryl methyl sites for hydroxylation is 1. The number of para-hydroxylation sites is 1. The quantitative estimate of drug-likeness (QED) is 0.378. The Bertz CT molecular complexity index is 1290. The maximum atomic E-state index is 13.4. The first kappa shape index (κ1) is 24.0. The molecule has 1 aromatic heterocycles. The summed E-state index contributed by atoms with van der Waals surface area (Å²) in [4.78, 5) is 31.9. The van der Waals surface area contributed by atoms with E-state index in [1.54, 1.807) is 61.5 Å². The van der Waals surface area contributed by atoms with Gasteiger partial charge in [0.1, 0.15) is 17.2 Å². The van der Waals surface area contributed by atoms with Crippen molar-refractivity contribution in [2.45, 2.75) is 13.5 Å². The number of ether oxygens (including phenoxy) is 2. The minimum atomic E-state index is -0.316. The molecule has 0 bridgehead atoms. The number of nitrogens with one attached hydrogen (secondary N) is 1. The molecule has 0 saturated carbocycles. The van der Waals surface area contributed by atoms with Gasteiger partial charge in [0.15, 0.2) is 11.7 Å². The third-order valence-corrected chi connectivity index (χ3v) is 5.94. The van der Waals surface area contributed by atoms with Crippen molar-refractivity contribution in [3.63, 3.8) is 0 Å². The number of thioether (sulfide) groups is 1. The molecule has 0 fully saturated rings. The summed E-state index contributed by atoms with van der Waals surface area (Å²) in [5.41, 5.74) is 1.50. The van der Waals surface area contributed by atoms with Gasteiger partial charge >= 0.3 is 5.88 Å². The Hall–Kier alpha value is -4.12.